The van der Waals surface area contributed by atoms with Crippen molar-refractivity contribution in [2.24, 2.45) is 0 Å². The minimum Gasteiger partial charge on any atom is -0.466 e. The third-order valence-corrected chi connectivity index (χ3v) is 3.58. The number of furan rings is 1. The highest BCUT2D eigenvalue weighted by Crippen LogP contribution is 2.22. The van der Waals surface area contributed by atoms with Crippen LogP contribution in [0.4, 0.5) is 0 Å². The number of aliphatic hydroxyl groups is 1. The molecule has 2 rings (SSSR count). The maximum absolute atomic E-state index is 9.57. The van der Waals surface area contributed by atoms with Gasteiger partial charge in [-0.15, -0.1) is 0 Å². The quantitative estimate of drug-likeness (QED) is 0.850. The van der Waals surface area contributed by atoms with Gasteiger partial charge in [0.2, 0.25) is 0 Å². The van der Waals surface area contributed by atoms with Gasteiger partial charge in [0.25, 0.3) is 0 Å². The molecule has 0 amide bonds. The van der Waals surface area contributed by atoms with Crippen LogP contribution in [0.15, 0.2) is 40.8 Å². The molecule has 1 heterocycles. The van der Waals surface area contributed by atoms with Crippen LogP contribution in [0.2, 0.25) is 0 Å². The molecule has 2 aromatic rings. The molecule has 0 spiro atoms. The van der Waals surface area contributed by atoms with Crippen LogP contribution in [0.25, 0.3) is 0 Å². The lowest BCUT2D eigenvalue weighted by Gasteiger charge is -2.21. The van der Waals surface area contributed by atoms with Gasteiger partial charge in [0.1, 0.15) is 11.5 Å². The fourth-order valence-electron chi connectivity index (χ4n) is 2.60. The molecule has 108 valence electrons. The van der Waals surface area contributed by atoms with Gasteiger partial charge >= 0.3 is 0 Å². The Kier molecular flexibility index (Phi) is 4.99. The third kappa shape index (κ3) is 3.71. The summed E-state index contributed by atoms with van der Waals surface area (Å²) >= 11 is 0. The number of rotatable bonds is 6. The van der Waals surface area contributed by atoms with Crippen LogP contribution in [0, 0.1) is 13.8 Å². The van der Waals surface area contributed by atoms with E-state index in [9.17, 15) is 5.11 Å². The maximum atomic E-state index is 9.57. The van der Waals surface area contributed by atoms with E-state index < -0.39 is 0 Å². The van der Waals surface area contributed by atoms with Crippen molar-refractivity contribution < 1.29 is 9.52 Å². The Hall–Kier alpha value is -1.58. The number of nitrogens with one attached hydrogen (secondary N) is 1. The van der Waals surface area contributed by atoms with Crippen LogP contribution < -0.4 is 5.32 Å². The highest BCUT2D eigenvalue weighted by Gasteiger charge is 2.17. The summed E-state index contributed by atoms with van der Waals surface area (Å²) in [5.74, 6) is 1.87. The molecule has 0 radical (unpaired) electrons. The monoisotopic (exact) mass is 273 g/mol. The van der Waals surface area contributed by atoms with E-state index in [1.165, 1.54) is 5.56 Å². The van der Waals surface area contributed by atoms with Gasteiger partial charge in [-0.1, -0.05) is 30.3 Å². The standard InChI is InChI=1S/C17H23NO2/c1-12-9-17(14(3)20-12)13(2)18-16(11-19)10-15-7-5-4-6-8-15/h4-9,13,16,18-19H,10-11H2,1-3H3. The second-order valence-electron chi connectivity index (χ2n) is 5.33. The van der Waals surface area contributed by atoms with Crippen molar-refractivity contribution in [3.05, 3.63) is 59.0 Å². The molecular formula is C17H23NO2. The number of hydrogen-bond donors (Lipinski definition) is 2. The Bertz CT molecular complexity index is 533. The largest absolute Gasteiger partial charge is 0.466 e. The van der Waals surface area contributed by atoms with E-state index >= 15 is 0 Å². The smallest absolute Gasteiger partial charge is 0.105 e. The average Bonchev–Trinajstić information content (AvgIpc) is 2.78. The van der Waals surface area contributed by atoms with Crippen LogP contribution in [-0.4, -0.2) is 17.8 Å². The summed E-state index contributed by atoms with van der Waals surface area (Å²) in [4.78, 5) is 0. The highest BCUT2D eigenvalue weighted by molar-refractivity contribution is 5.24. The molecule has 0 saturated carbocycles. The predicted octanol–water partition coefficient (Wildman–Crippen LogP) is 3.15. The fourth-order valence-corrected chi connectivity index (χ4v) is 2.60. The Morgan fingerprint density at radius 2 is 1.90 bits per heavy atom. The van der Waals surface area contributed by atoms with E-state index in [0.717, 1.165) is 23.5 Å². The molecule has 2 N–H and O–H groups in total. The summed E-state index contributed by atoms with van der Waals surface area (Å²) < 4.78 is 5.57. The first-order valence-corrected chi connectivity index (χ1v) is 7.08. The van der Waals surface area contributed by atoms with Crippen molar-refractivity contribution in [2.75, 3.05) is 6.61 Å². The van der Waals surface area contributed by atoms with Crippen molar-refractivity contribution in [3.8, 4) is 0 Å². The van der Waals surface area contributed by atoms with Crippen molar-refractivity contribution >= 4 is 0 Å². The molecule has 3 heteroatoms. The first-order chi connectivity index (χ1) is 9.60. The molecule has 0 saturated heterocycles. The predicted molar refractivity (Wildman–Crippen MR) is 80.8 cm³/mol. The summed E-state index contributed by atoms with van der Waals surface area (Å²) in [6, 6.07) is 12.5. The molecule has 0 fully saturated rings. The van der Waals surface area contributed by atoms with Gasteiger partial charge in [-0.2, -0.15) is 0 Å². The van der Waals surface area contributed by atoms with Crippen LogP contribution >= 0.6 is 0 Å². The molecule has 1 aromatic heterocycles. The summed E-state index contributed by atoms with van der Waals surface area (Å²) in [6.07, 6.45) is 0.817. The summed E-state index contributed by atoms with van der Waals surface area (Å²) in [5.41, 5.74) is 2.39. The molecule has 0 bridgehead atoms. The van der Waals surface area contributed by atoms with Gasteiger partial charge in [-0.3, -0.25) is 0 Å². The molecular weight excluding hydrogens is 250 g/mol. The van der Waals surface area contributed by atoms with Gasteiger partial charge in [0.15, 0.2) is 0 Å². The Morgan fingerprint density at radius 3 is 2.45 bits per heavy atom. The Balaban J connectivity index is 2.01. The van der Waals surface area contributed by atoms with Crippen molar-refractivity contribution in [1.82, 2.24) is 5.32 Å². The van der Waals surface area contributed by atoms with Crippen molar-refractivity contribution in [1.29, 1.82) is 0 Å². The van der Waals surface area contributed by atoms with Gasteiger partial charge < -0.3 is 14.8 Å². The number of aliphatic hydroxyl groups excluding tert-OH is 1. The van der Waals surface area contributed by atoms with Crippen LogP contribution in [-0.2, 0) is 6.42 Å². The fraction of sp³-hybridized carbons (Fsp3) is 0.412. The van der Waals surface area contributed by atoms with Crippen molar-refractivity contribution in [2.45, 2.75) is 39.3 Å². The zero-order valence-electron chi connectivity index (χ0n) is 12.4. The van der Waals surface area contributed by atoms with Crippen molar-refractivity contribution in [3.63, 3.8) is 0 Å². The number of hydrogen-bond acceptors (Lipinski definition) is 3. The topological polar surface area (TPSA) is 45.4 Å². The summed E-state index contributed by atoms with van der Waals surface area (Å²) in [5, 5.41) is 13.0. The first kappa shape index (κ1) is 14.8. The summed E-state index contributed by atoms with van der Waals surface area (Å²) in [7, 11) is 0. The molecule has 1 aromatic carbocycles. The van der Waals surface area contributed by atoms with Crippen LogP contribution in [0.5, 0.6) is 0 Å². The van der Waals surface area contributed by atoms with Gasteiger partial charge in [0, 0.05) is 17.6 Å². The van der Waals surface area contributed by atoms with Gasteiger partial charge in [0.05, 0.1) is 6.61 Å². The second kappa shape index (κ2) is 6.73. The minimum atomic E-state index is 0.0435. The maximum Gasteiger partial charge on any atom is 0.105 e. The first-order valence-electron chi connectivity index (χ1n) is 7.08. The van der Waals surface area contributed by atoms with Gasteiger partial charge in [-0.05, 0) is 38.8 Å². The van der Waals surface area contributed by atoms with Gasteiger partial charge in [-0.25, -0.2) is 0 Å². The lowest BCUT2D eigenvalue weighted by atomic mass is 10.0. The van der Waals surface area contributed by atoms with E-state index in [4.69, 9.17) is 4.42 Å². The minimum absolute atomic E-state index is 0.0435. The molecule has 3 nitrogen and oxygen atoms in total. The third-order valence-electron chi connectivity index (χ3n) is 3.58. The molecule has 0 aliphatic carbocycles. The second-order valence-corrected chi connectivity index (χ2v) is 5.33. The molecule has 0 aliphatic rings. The van der Waals surface area contributed by atoms with E-state index in [1.807, 2.05) is 32.0 Å². The highest BCUT2D eigenvalue weighted by atomic mass is 16.3. The molecule has 0 aliphatic heterocycles. The Morgan fingerprint density at radius 1 is 1.20 bits per heavy atom. The lowest BCUT2D eigenvalue weighted by molar-refractivity contribution is 0.232. The number of benzene rings is 1. The van der Waals surface area contributed by atoms with Crippen LogP contribution in [0.3, 0.4) is 0 Å². The van der Waals surface area contributed by atoms with E-state index in [-0.39, 0.29) is 18.7 Å². The normalized spacial score (nSPS) is 14.2. The molecule has 2 unspecified atom stereocenters. The zero-order chi connectivity index (χ0) is 14.5. The lowest BCUT2D eigenvalue weighted by Crippen LogP contribution is -2.36. The Labute approximate surface area is 120 Å². The molecule has 20 heavy (non-hydrogen) atoms. The average molecular weight is 273 g/mol. The van der Waals surface area contributed by atoms with E-state index in [0.29, 0.717) is 0 Å². The SMILES string of the molecule is Cc1cc(C(C)NC(CO)Cc2ccccc2)c(C)o1. The zero-order valence-corrected chi connectivity index (χ0v) is 12.4. The number of aryl methyl sites for hydroxylation is 2. The van der Waals surface area contributed by atoms with Crippen LogP contribution in [0.1, 0.15) is 35.6 Å². The van der Waals surface area contributed by atoms with E-state index in [1.54, 1.807) is 0 Å². The van der Waals surface area contributed by atoms with E-state index in [2.05, 4.69) is 30.4 Å². The molecule has 2 atom stereocenters. The summed E-state index contributed by atoms with van der Waals surface area (Å²) in [6.45, 7) is 6.16.